The van der Waals surface area contributed by atoms with Crippen LogP contribution in [0, 0.1) is 5.82 Å². The average Bonchev–Trinajstić information content (AvgIpc) is 2.75. The van der Waals surface area contributed by atoms with Crippen molar-refractivity contribution in [2.24, 2.45) is 0 Å². The Balaban J connectivity index is 1.90. The number of pyridine rings is 1. The number of ether oxygens (including phenoxy) is 3. The fourth-order valence-corrected chi connectivity index (χ4v) is 3.49. The minimum Gasteiger partial charge on any atom is -0.493 e. The van der Waals surface area contributed by atoms with Crippen molar-refractivity contribution in [3.8, 4) is 17.2 Å². The zero-order valence-corrected chi connectivity index (χ0v) is 18.1. The molecule has 1 N–H and O–H groups in total. The van der Waals surface area contributed by atoms with Crippen LogP contribution in [0.5, 0.6) is 17.2 Å². The largest absolute Gasteiger partial charge is 0.493 e. The number of halogens is 1. The van der Waals surface area contributed by atoms with E-state index < -0.39 is 0 Å². The maximum Gasteiger partial charge on any atom is 0.204 e. The van der Waals surface area contributed by atoms with E-state index >= 15 is 0 Å². The molecule has 0 aliphatic heterocycles. The van der Waals surface area contributed by atoms with Crippen molar-refractivity contribution >= 4 is 16.7 Å². The summed E-state index contributed by atoms with van der Waals surface area (Å²) >= 11 is 0. The number of rotatable bonds is 9. The van der Waals surface area contributed by atoms with Crippen LogP contribution in [-0.4, -0.2) is 47.0 Å². The lowest BCUT2D eigenvalue weighted by molar-refractivity contribution is 0.327. The summed E-state index contributed by atoms with van der Waals surface area (Å²) in [5.74, 6) is 2.35. The predicted octanol–water partition coefficient (Wildman–Crippen LogP) is 3.80. The van der Waals surface area contributed by atoms with Gasteiger partial charge in [-0.2, -0.15) is 0 Å². The third-order valence-electron chi connectivity index (χ3n) is 4.95. The second-order valence-electron chi connectivity index (χ2n) is 7.10. The second-order valence-corrected chi connectivity index (χ2v) is 7.10. The molecular weight excluding hydrogens is 385 g/mol. The van der Waals surface area contributed by atoms with Crippen molar-refractivity contribution in [2.45, 2.75) is 13.0 Å². The number of methoxy groups -OCH3 is 3. The molecule has 0 fully saturated rings. The Morgan fingerprint density at radius 2 is 1.70 bits per heavy atom. The first-order chi connectivity index (χ1) is 14.5. The summed E-state index contributed by atoms with van der Waals surface area (Å²) < 4.78 is 30.4. The molecule has 0 atom stereocenters. The van der Waals surface area contributed by atoms with Gasteiger partial charge in [-0.25, -0.2) is 9.37 Å². The lowest BCUT2D eigenvalue weighted by atomic mass is 10.1. The fraction of sp³-hybridized carbons (Fsp3) is 0.348. The Labute approximate surface area is 176 Å². The van der Waals surface area contributed by atoms with Gasteiger partial charge in [0.05, 0.1) is 26.8 Å². The van der Waals surface area contributed by atoms with Gasteiger partial charge < -0.3 is 24.4 Å². The molecule has 0 bridgehead atoms. The smallest absolute Gasteiger partial charge is 0.204 e. The molecule has 0 aliphatic rings. The molecule has 1 aromatic heterocycles. The number of hydrogen-bond acceptors (Lipinski definition) is 6. The van der Waals surface area contributed by atoms with Gasteiger partial charge in [0.2, 0.25) is 5.75 Å². The summed E-state index contributed by atoms with van der Waals surface area (Å²) in [6.07, 6.45) is 0.610. The van der Waals surface area contributed by atoms with Crippen molar-refractivity contribution in [2.75, 3.05) is 46.9 Å². The van der Waals surface area contributed by atoms with E-state index in [-0.39, 0.29) is 5.82 Å². The molecule has 1 heterocycles. The number of anilines is 1. The molecule has 2 aromatic carbocycles. The zero-order chi connectivity index (χ0) is 21.7. The van der Waals surface area contributed by atoms with E-state index in [0.29, 0.717) is 42.3 Å². The van der Waals surface area contributed by atoms with E-state index in [1.807, 2.05) is 37.2 Å². The lowest BCUT2D eigenvalue weighted by Gasteiger charge is -2.20. The SMILES string of the molecule is COc1cc2nc(N(C)C)c(CNCCc3ccccc3F)cc2c(OC)c1OC. The highest BCUT2D eigenvalue weighted by atomic mass is 19.1. The standard InChI is InChI=1S/C23H28FN3O3/c1-27(2)23-16(14-25-11-10-15-8-6-7-9-18(15)24)12-17-19(26-23)13-20(28-3)22(30-5)21(17)29-4/h6-9,12-13,25H,10-11,14H2,1-5H3. The second kappa shape index (κ2) is 9.63. The molecule has 3 aromatic rings. The summed E-state index contributed by atoms with van der Waals surface area (Å²) in [5, 5.41) is 4.24. The number of aromatic nitrogens is 1. The maximum absolute atomic E-state index is 13.8. The van der Waals surface area contributed by atoms with Gasteiger partial charge in [0.1, 0.15) is 11.6 Å². The molecule has 0 amide bonds. The Kier molecular flexibility index (Phi) is 6.95. The predicted molar refractivity (Wildman–Crippen MR) is 118 cm³/mol. The average molecular weight is 413 g/mol. The molecule has 6 nitrogen and oxygen atoms in total. The van der Waals surface area contributed by atoms with E-state index in [2.05, 4.69) is 11.4 Å². The van der Waals surface area contributed by atoms with Crippen molar-refractivity contribution in [3.63, 3.8) is 0 Å². The highest BCUT2D eigenvalue weighted by molar-refractivity contribution is 5.92. The topological polar surface area (TPSA) is 55.9 Å². The van der Waals surface area contributed by atoms with E-state index in [1.165, 1.54) is 6.07 Å². The van der Waals surface area contributed by atoms with Gasteiger partial charge >= 0.3 is 0 Å². The van der Waals surface area contributed by atoms with E-state index in [1.54, 1.807) is 27.4 Å². The van der Waals surface area contributed by atoms with Crippen LogP contribution in [0.15, 0.2) is 36.4 Å². The first-order valence-electron chi connectivity index (χ1n) is 9.74. The van der Waals surface area contributed by atoms with Crippen molar-refractivity contribution in [1.82, 2.24) is 10.3 Å². The normalized spacial score (nSPS) is 10.9. The van der Waals surface area contributed by atoms with Crippen LogP contribution in [0.1, 0.15) is 11.1 Å². The van der Waals surface area contributed by atoms with Crippen LogP contribution < -0.4 is 24.4 Å². The van der Waals surface area contributed by atoms with Crippen LogP contribution in [0.3, 0.4) is 0 Å². The summed E-state index contributed by atoms with van der Waals surface area (Å²) in [6, 6.07) is 10.7. The quantitative estimate of drug-likeness (QED) is 0.539. The molecule has 7 heteroatoms. The first kappa shape index (κ1) is 21.6. The summed E-state index contributed by atoms with van der Waals surface area (Å²) in [6.45, 7) is 1.23. The Bertz CT molecular complexity index is 1020. The van der Waals surface area contributed by atoms with E-state index in [0.717, 1.165) is 22.3 Å². The molecule has 0 radical (unpaired) electrons. The monoisotopic (exact) mass is 413 g/mol. The minimum absolute atomic E-state index is 0.175. The van der Waals surface area contributed by atoms with Gasteiger partial charge in [0.15, 0.2) is 11.5 Å². The van der Waals surface area contributed by atoms with Crippen LogP contribution in [0.25, 0.3) is 10.9 Å². The third-order valence-corrected chi connectivity index (χ3v) is 4.95. The molecule has 0 saturated heterocycles. The van der Waals surface area contributed by atoms with Gasteiger partial charge in [0.25, 0.3) is 0 Å². The highest BCUT2D eigenvalue weighted by Gasteiger charge is 2.19. The van der Waals surface area contributed by atoms with Crippen LogP contribution in [0.2, 0.25) is 0 Å². The van der Waals surface area contributed by atoms with Crippen molar-refractivity contribution in [1.29, 1.82) is 0 Å². The molecule has 0 saturated carbocycles. The summed E-state index contributed by atoms with van der Waals surface area (Å²) in [4.78, 5) is 6.80. The molecule has 3 rings (SSSR count). The highest BCUT2D eigenvalue weighted by Crippen LogP contribution is 2.43. The number of benzene rings is 2. The van der Waals surface area contributed by atoms with Gasteiger partial charge in [0, 0.05) is 37.7 Å². The molecular formula is C23H28FN3O3. The van der Waals surface area contributed by atoms with Crippen molar-refractivity contribution < 1.29 is 18.6 Å². The number of nitrogens with zero attached hydrogens (tertiary/aromatic N) is 2. The zero-order valence-electron chi connectivity index (χ0n) is 18.1. The lowest BCUT2D eigenvalue weighted by Crippen LogP contribution is -2.21. The Morgan fingerprint density at radius 1 is 0.967 bits per heavy atom. The third kappa shape index (κ3) is 4.41. The minimum atomic E-state index is -0.175. The van der Waals surface area contributed by atoms with Crippen molar-refractivity contribution in [3.05, 3.63) is 53.3 Å². The molecule has 0 aliphatic carbocycles. The summed E-state index contributed by atoms with van der Waals surface area (Å²) in [7, 11) is 8.68. The molecule has 160 valence electrons. The van der Waals surface area contributed by atoms with Gasteiger partial charge in [-0.1, -0.05) is 18.2 Å². The van der Waals surface area contributed by atoms with Gasteiger partial charge in [-0.05, 0) is 30.7 Å². The fourth-order valence-electron chi connectivity index (χ4n) is 3.49. The first-order valence-corrected chi connectivity index (χ1v) is 9.74. The van der Waals surface area contributed by atoms with E-state index in [9.17, 15) is 4.39 Å². The van der Waals surface area contributed by atoms with Crippen LogP contribution >= 0.6 is 0 Å². The summed E-state index contributed by atoms with van der Waals surface area (Å²) in [5.41, 5.74) is 2.46. The molecule has 0 unspecified atom stereocenters. The maximum atomic E-state index is 13.8. The number of fused-ring (bicyclic) bond motifs is 1. The Hall–Kier alpha value is -3.06. The van der Waals surface area contributed by atoms with Crippen LogP contribution in [0.4, 0.5) is 10.2 Å². The Morgan fingerprint density at radius 3 is 2.33 bits per heavy atom. The van der Waals surface area contributed by atoms with Gasteiger partial charge in [-0.15, -0.1) is 0 Å². The molecule has 30 heavy (non-hydrogen) atoms. The number of hydrogen-bond donors (Lipinski definition) is 1. The van der Waals surface area contributed by atoms with Gasteiger partial charge in [-0.3, -0.25) is 0 Å². The van der Waals surface area contributed by atoms with Crippen LogP contribution in [-0.2, 0) is 13.0 Å². The number of nitrogens with one attached hydrogen (secondary N) is 1. The molecule has 0 spiro atoms. The van der Waals surface area contributed by atoms with E-state index in [4.69, 9.17) is 19.2 Å².